The Bertz CT molecular complexity index is 1050. The molecule has 0 aliphatic rings. The zero-order chi connectivity index (χ0) is 39.8. The average molecular weight is 757 g/mol. The minimum atomic E-state index is -1.41. The highest BCUT2D eigenvalue weighted by Crippen LogP contribution is 2.32. The third-order valence-electron chi connectivity index (χ3n) is 11.2. The number of carboxylic acids is 2. The van der Waals surface area contributed by atoms with Crippen molar-refractivity contribution in [3.05, 3.63) is 33.4 Å². The van der Waals surface area contributed by atoms with Gasteiger partial charge in [-0.2, -0.15) is 0 Å². The molecule has 0 aromatic heterocycles. The number of rotatable bonds is 38. The Kier molecular flexibility index (Phi) is 29.4. The first-order valence-electron chi connectivity index (χ1n) is 22.5. The molecule has 0 aliphatic carbocycles. The summed E-state index contributed by atoms with van der Waals surface area (Å²) < 4.78 is 0. The van der Waals surface area contributed by atoms with Gasteiger partial charge >= 0.3 is 11.9 Å². The van der Waals surface area contributed by atoms with Crippen LogP contribution in [0, 0.1) is 0 Å². The molecule has 0 bridgehead atoms. The number of aromatic carboxylic acids is 2. The van der Waals surface area contributed by atoms with Crippen molar-refractivity contribution in [2.24, 2.45) is 11.5 Å². The van der Waals surface area contributed by atoms with E-state index in [0.29, 0.717) is 12.8 Å². The van der Waals surface area contributed by atoms with E-state index in [4.69, 9.17) is 11.5 Å². The van der Waals surface area contributed by atoms with E-state index in [1.807, 2.05) is 0 Å². The van der Waals surface area contributed by atoms with Gasteiger partial charge in [0, 0.05) is 0 Å². The zero-order valence-electron chi connectivity index (χ0n) is 34.7. The number of unbranched alkanes of at least 4 members (excludes halogenated alkanes) is 30. The maximum atomic E-state index is 12.8. The zero-order valence-corrected chi connectivity index (χ0v) is 34.7. The lowest BCUT2D eigenvalue weighted by molar-refractivity contribution is 0.0686. The van der Waals surface area contributed by atoms with Gasteiger partial charge in [-0.3, -0.25) is 9.59 Å². The first-order valence-corrected chi connectivity index (χ1v) is 22.5. The topological polar surface area (TPSA) is 161 Å². The SMILES string of the molecule is CCCCCCCCCCCCCCCCCCc1c(C(N)=O)c(C(=O)O)c(CCCCCCCCCCCCCCCCCC)c(C(=O)O)c1C(N)=O. The fraction of sp³-hybridized carbons (Fsp3) is 0.783. The van der Waals surface area contributed by atoms with Crippen LogP contribution in [0.25, 0.3) is 0 Å². The molecule has 0 fully saturated rings. The van der Waals surface area contributed by atoms with Crippen LogP contribution in [0.2, 0.25) is 0 Å². The molecule has 2 amide bonds. The summed E-state index contributed by atoms with van der Waals surface area (Å²) in [5.41, 5.74) is 10.2. The van der Waals surface area contributed by atoms with E-state index in [1.165, 1.54) is 141 Å². The third kappa shape index (κ3) is 21.3. The molecule has 0 saturated heterocycles. The molecule has 0 radical (unpaired) electrons. The van der Waals surface area contributed by atoms with Crippen molar-refractivity contribution >= 4 is 23.8 Å². The van der Waals surface area contributed by atoms with Crippen molar-refractivity contribution in [3.63, 3.8) is 0 Å². The van der Waals surface area contributed by atoms with Gasteiger partial charge < -0.3 is 21.7 Å². The normalized spacial score (nSPS) is 11.3. The molecular weight excluding hydrogens is 677 g/mol. The Balaban J connectivity index is 2.64. The lowest BCUT2D eigenvalue weighted by Gasteiger charge is -2.21. The van der Waals surface area contributed by atoms with Crippen LogP contribution in [0.1, 0.15) is 272 Å². The molecule has 1 aromatic carbocycles. The second kappa shape index (κ2) is 32.4. The number of hydrogen-bond acceptors (Lipinski definition) is 4. The Morgan fingerprint density at radius 3 is 0.704 bits per heavy atom. The standard InChI is InChI=1S/C46H80N2O6/c1-3-5-7-9-11-13-15-17-19-21-23-25-27-29-31-33-35-37-39(43(47)49)41(45(51)52)38(42(46(53)54)40(37)44(48)50)36-34-32-30-28-26-24-22-20-18-16-14-12-10-8-6-4-2/h3-36H2,1-2H3,(H2,47,49)(H2,48,50)(H,51,52)(H,53,54). The van der Waals surface area contributed by atoms with E-state index < -0.39 is 34.9 Å². The molecule has 1 rings (SSSR count). The van der Waals surface area contributed by atoms with Crippen LogP contribution in [-0.2, 0) is 12.8 Å². The van der Waals surface area contributed by atoms with Crippen LogP contribution < -0.4 is 11.5 Å². The number of carbonyl (C=O) groups excluding carboxylic acids is 2. The van der Waals surface area contributed by atoms with Gasteiger partial charge in [0.15, 0.2) is 0 Å². The monoisotopic (exact) mass is 757 g/mol. The van der Waals surface area contributed by atoms with Crippen LogP contribution in [0.15, 0.2) is 0 Å². The molecule has 0 spiro atoms. The first kappa shape index (κ1) is 49.1. The third-order valence-corrected chi connectivity index (χ3v) is 11.2. The van der Waals surface area contributed by atoms with Crippen LogP contribution >= 0.6 is 0 Å². The molecule has 1 aromatic rings. The molecule has 0 saturated carbocycles. The van der Waals surface area contributed by atoms with Crippen molar-refractivity contribution in [3.8, 4) is 0 Å². The van der Waals surface area contributed by atoms with E-state index in [1.54, 1.807) is 0 Å². The molecule has 6 N–H and O–H groups in total. The van der Waals surface area contributed by atoms with E-state index in [0.717, 1.165) is 51.4 Å². The molecule has 310 valence electrons. The number of primary amides is 2. The van der Waals surface area contributed by atoms with Gasteiger partial charge in [-0.25, -0.2) is 9.59 Å². The van der Waals surface area contributed by atoms with E-state index in [9.17, 15) is 29.4 Å². The maximum absolute atomic E-state index is 12.8. The summed E-state index contributed by atoms with van der Waals surface area (Å²) in [5.74, 6) is -4.79. The molecule has 0 aliphatic heterocycles. The Morgan fingerprint density at radius 2 is 0.519 bits per heavy atom. The molecule has 8 nitrogen and oxygen atoms in total. The number of carboxylic acid groups (broad SMARTS) is 2. The average Bonchev–Trinajstić information content (AvgIpc) is 3.13. The summed E-state index contributed by atoms with van der Waals surface area (Å²) in [7, 11) is 0. The Labute approximate surface area is 329 Å². The number of amides is 2. The predicted molar refractivity (Wildman–Crippen MR) is 224 cm³/mol. The van der Waals surface area contributed by atoms with E-state index >= 15 is 0 Å². The van der Waals surface area contributed by atoms with E-state index in [-0.39, 0.29) is 35.1 Å². The fourth-order valence-corrected chi connectivity index (χ4v) is 8.07. The highest BCUT2D eigenvalue weighted by molar-refractivity contribution is 6.14. The summed E-state index contributed by atoms with van der Waals surface area (Å²) in [5, 5.41) is 20.6. The summed E-state index contributed by atoms with van der Waals surface area (Å²) in [4.78, 5) is 50.9. The number of hydrogen-bond donors (Lipinski definition) is 4. The van der Waals surface area contributed by atoms with Crippen LogP contribution in [0.4, 0.5) is 0 Å². The van der Waals surface area contributed by atoms with E-state index in [2.05, 4.69) is 13.8 Å². The van der Waals surface area contributed by atoms with Crippen molar-refractivity contribution in [2.45, 2.75) is 232 Å². The van der Waals surface area contributed by atoms with Gasteiger partial charge in [-0.1, -0.05) is 206 Å². The quantitative estimate of drug-likeness (QED) is 0.0491. The molecule has 0 atom stereocenters. The Morgan fingerprint density at radius 1 is 0.333 bits per heavy atom. The number of nitrogens with two attached hydrogens (primary N) is 2. The smallest absolute Gasteiger partial charge is 0.336 e. The van der Waals surface area contributed by atoms with Crippen LogP contribution in [0.3, 0.4) is 0 Å². The Hall–Kier alpha value is -2.90. The van der Waals surface area contributed by atoms with Crippen LogP contribution in [-0.4, -0.2) is 34.0 Å². The maximum Gasteiger partial charge on any atom is 0.336 e. The van der Waals surface area contributed by atoms with Crippen molar-refractivity contribution in [2.75, 3.05) is 0 Å². The number of benzene rings is 1. The molecule has 0 unspecified atom stereocenters. The van der Waals surface area contributed by atoms with Gasteiger partial charge in [0.05, 0.1) is 22.3 Å². The number of carbonyl (C=O) groups is 4. The first-order chi connectivity index (χ1) is 26.2. The minimum absolute atomic E-state index is 0.0290. The van der Waals surface area contributed by atoms with Gasteiger partial charge in [0.1, 0.15) is 0 Å². The fourth-order valence-electron chi connectivity index (χ4n) is 8.07. The summed E-state index contributed by atoms with van der Waals surface area (Å²) in [6.07, 6.45) is 38.3. The van der Waals surface area contributed by atoms with Gasteiger partial charge in [0.2, 0.25) is 11.8 Å². The molecular formula is C46H80N2O6. The van der Waals surface area contributed by atoms with Crippen molar-refractivity contribution in [1.82, 2.24) is 0 Å². The van der Waals surface area contributed by atoms with Gasteiger partial charge in [-0.15, -0.1) is 0 Å². The molecule has 8 heteroatoms. The summed E-state index contributed by atoms with van der Waals surface area (Å²) in [6, 6.07) is 0. The summed E-state index contributed by atoms with van der Waals surface area (Å²) in [6.45, 7) is 4.50. The second-order valence-electron chi connectivity index (χ2n) is 15.9. The second-order valence-corrected chi connectivity index (χ2v) is 15.9. The summed E-state index contributed by atoms with van der Waals surface area (Å²) >= 11 is 0. The predicted octanol–water partition coefficient (Wildman–Crippen LogP) is 12.9. The largest absolute Gasteiger partial charge is 0.478 e. The van der Waals surface area contributed by atoms with Crippen molar-refractivity contribution < 1.29 is 29.4 Å². The highest BCUT2D eigenvalue weighted by Gasteiger charge is 2.33. The van der Waals surface area contributed by atoms with Crippen LogP contribution in [0.5, 0.6) is 0 Å². The lowest BCUT2D eigenvalue weighted by Crippen LogP contribution is -2.29. The molecule has 0 heterocycles. The molecule has 54 heavy (non-hydrogen) atoms. The minimum Gasteiger partial charge on any atom is -0.478 e. The van der Waals surface area contributed by atoms with Gasteiger partial charge in [-0.05, 0) is 36.8 Å². The highest BCUT2D eigenvalue weighted by atomic mass is 16.4. The lowest BCUT2D eigenvalue weighted by atomic mass is 9.82. The van der Waals surface area contributed by atoms with Gasteiger partial charge in [0.25, 0.3) is 0 Å². The van der Waals surface area contributed by atoms with Crippen molar-refractivity contribution in [1.29, 1.82) is 0 Å².